The van der Waals surface area contributed by atoms with E-state index >= 15 is 0 Å². The molecule has 1 saturated heterocycles. The first-order valence-corrected chi connectivity index (χ1v) is 8.48. The SMILES string of the molecule is Cc1cncc(NC(=O)C[C@]2(O)CCCN(C(=O)OC(C)(C)C)C2)c1. The van der Waals surface area contributed by atoms with Crippen molar-refractivity contribution in [3.05, 3.63) is 24.0 Å². The second-order valence-electron chi connectivity index (χ2n) is 7.71. The van der Waals surface area contributed by atoms with Crippen LogP contribution in [0.5, 0.6) is 0 Å². The predicted octanol–water partition coefficient (Wildman–Crippen LogP) is 2.48. The van der Waals surface area contributed by atoms with Crippen LogP contribution in [-0.4, -0.2) is 51.3 Å². The maximum Gasteiger partial charge on any atom is 0.410 e. The smallest absolute Gasteiger partial charge is 0.410 e. The average molecular weight is 349 g/mol. The molecule has 0 unspecified atom stereocenters. The van der Waals surface area contributed by atoms with Gasteiger partial charge in [-0.15, -0.1) is 0 Å². The Morgan fingerprint density at radius 1 is 1.40 bits per heavy atom. The zero-order chi connectivity index (χ0) is 18.7. The number of aromatic nitrogens is 1. The van der Waals surface area contributed by atoms with Gasteiger partial charge >= 0.3 is 6.09 Å². The van der Waals surface area contributed by atoms with Gasteiger partial charge in [0.15, 0.2) is 0 Å². The molecule has 7 heteroatoms. The van der Waals surface area contributed by atoms with Gasteiger partial charge < -0.3 is 20.1 Å². The number of aliphatic hydroxyl groups is 1. The summed E-state index contributed by atoms with van der Waals surface area (Å²) < 4.78 is 5.35. The molecule has 0 spiro atoms. The number of carbonyl (C=O) groups excluding carboxylic acids is 2. The molecule has 0 saturated carbocycles. The number of β-amino-alcohol motifs (C(OH)–C–C–N with tert-alkyl or cyclic N) is 1. The van der Waals surface area contributed by atoms with E-state index in [1.165, 1.54) is 4.90 Å². The molecule has 2 amide bonds. The molecule has 1 aromatic heterocycles. The van der Waals surface area contributed by atoms with Crippen LogP contribution in [0.4, 0.5) is 10.5 Å². The summed E-state index contributed by atoms with van der Waals surface area (Å²) in [6.45, 7) is 7.87. The zero-order valence-electron chi connectivity index (χ0n) is 15.3. The molecule has 1 fully saturated rings. The molecule has 2 rings (SSSR count). The van der Waals surface area contributed by atoms with Crippen molar-refractivity contribution < 1.29 is 19.4 Å². The number of piperidine rings is 1. The molecule has 2 N–H and O–H groups in total. The summed E-state index contributed by atoms with van der Waals surface area (Å²) in [6, 6.07) is 1.81. The molecule has 1 atom stereocenters. The number of nitrogens with one attached hydrogen (secondary N) is 1. The van der Waals surface area contributed by atoms with E-state index in [9.17, 15) is 14.7 Å². The fourth-order valence-electron chi connectivity index (χ4n) is 2.87. The van der Waals surface area contributed by atoms with Crippen LogP contribution in [0.25, 0.3) is 0 Å². The number of nitrogens with zero attached hydrogens (tertiary/aromatic N) is 2. The fourth-order valence-corrected chi connectivity index (χ4v) is 2.87. The summed E-state index contributed by atoms with van der Waals surface area (Å²) in [5.74, 6) is -0.305. The molecule has 1 aliphatic heterocycles. The number of hydrogen-bond acceptors (Lipinski definition) is 5. The number of carbonyl (C=O) groups is 2. The number of anilines is 1. The fraction of sp³-hybridized carbons (Fsp3) is 0.611. The van der Waals surface area contributed by atoms with E-state index < -0.39 is 17.3 Å². The third-order valence-electron chi connectivity index (χ3n) is 3.86. The minimum absolute atomic E-state index is 0.0831. The standard InChI is InChI=1S/C18H27N3O4/c1-13-8-14(11-19-10-13)20-15(22)9-18(24)6-5-7-21(12-18)16(23)25-17(2,3)4/h8,10-11,24H,5-7,9,12H2,1-4H3,(H,20,22)/t18-/m1/s1. The van der Waals surface area contributed by atoms with Crippen molar-refractivity contribution in [1.82, 2.24) is 9.88 Å². The molecule has 0 aromatic carbocycles. The Kier molecular flexibility index (Phi) is 5.67. The molecule has 0 bridgehead atoms. The van der Waals surface area contributed by atoms with E-state index in [0.717, 1.165) is 5.56 Å². The van der Waals surface area contributed by atoms with Crippen molar-refractivity contribution in [1.29, 1.82) is 0 Å². The minimum Gasteiger partial charge on any atom is -0.444 e. The predicted molar refractivity (Wildman–Crippen MR) is 94.2 cm³/mol. The number of ether oxygens (including phenoxy) is 1. The van der Waals surface area contributed by atoms with Gasteiger partial charge in [-0.2, -0.15) is 0 Å². The van der Waals surface area contributed by atoms with Crippen LogP contribution in [0.2, 0.25) is 0 Å². The molecule has 1 aromatic rings. The van der Waals surface area contributed by atoms with E-state index in [1.807, 2.05) is 13.0 Å². The van der Waals surface area contributed by atoms with E-state index in [1.54, 1.807) is 33.2 Å². The monoisotopic (exact) mass is 349 g/mol. The summed E-state index contributed by atoms with van der Waals surface area (Å²) in [5.41, 5.74) is -0.322. The lowest BCUT2D eigenvalue weighted by atomic mass is 9.89. The van der Waals surface area contributed by atoms with E-state index in [2.05, 4.69) is 10.3 Å². The summed E-state index contributed by atoms with van der Waals surface area (Å²) in [5, 5.41) is 13.5. The number of hydrogen-bond donors (Lipinski definition) is 2. The lowest BCUT2D eigenvalue weighted by Crippen LogP contribution is -2.52. The van der Waals surface area contributed by atoms with Crippen molar-refractivity contribution in [2.75, 3.05) is 18.4 Å². The lowest BCUT2D eigenvalue weighted by molar-refractivity contribution is -0.123. The molecule has 7 nitrogen and oxygen atoms in total. The van der Waals surface area contributed by atoms with E-state index in [0.29, 0.717) is 25.1 Å². The Morgan fingerprint density at radius 2 is 2.12 bits per heavy atom. The van der Waals surface area contributed by atoms with E-state index in [-0.39, 0.29) is 18.9 Å². The Labute approximate surface area is 148 Å². The van der Waals surface area contributed by atoms with Crippen LogP contribution >= 0.6 is 0 Å². The highest BCUT2D eigenvalue weighted by molar-refractivity contribution is 5.91. The Hall–Kier alpha value is -2.15. The lowest BCUT2D eigenvalue weighted by Gasteiger charge is -2.39. The maximum atomic E-state index is 12.3. The second kappa shape index (κ2) is 7.39. The van der Waals surface area contributed by atoms with Crippen LogP contribution in [0, 0.1) is 6.92 Å². The Morgan fingerprint density at radius 3 is 2.76 bits per heavy atom. The van der Waals surface area contributed by atoms with Crippen molar-refractivity contribution in [2.24, 2.45) is 0 Å². The zero-order valence-corrected chi connectivity index (χ0v) is 15.3. The number of likely N-dealkylation sites (tertiary alicyclic amines) is 1. The second-order valence-corrected chi connectivity index (χ2v) is 7.71. The van der Waals surface area contributed by atoms with Gasteiger partial charge in [0.05, 0.1) is 30.5 Å². The summed E-state index contributed by atoms with van der Waals surface area (Å²) in [7, 11) is 0. The van der Waals surface area contributed by atoms with Gasteiger partial charge in [-0.25, -0.2) is 4.79 Å². The van der Waals surface area contributed by atoms with Gasteiger partial charge in [-0.1, -0.05) is 0 Å². The molecule has 25 heavy (non-hydrogen) atoms. The maximum absolute atomic E-state index is 12.3. The number of pyridine rings is 1. The first-order valence-electron chi connectivity index (χ1n) is 8.48. The third kappa shape index (κ3) is 6.01. The van der Waals surface area contributed by atoms with Gasteiger partial charge in [0.2, 0.25) is 5.91 Å². The molecule has 138 valence electrons. The molecule has 0 radical (unpaired) electrons. The third-order valence-corrected chi connectivity index (χ3v) is 3.86. The van der Waals surface area contributed by atoms with Gasteiger partial charge in [-0.3, -0.25) is 9.78 Å². The highest BCUT2D eigenvalue weighted by Crippen LogP contribution is 2.26. The van der Waals surface area contributed by atoms with Crippen molar-refractivity contribution in [3.63, 3.8) is 0 Å². The number of rotatable bonds is 3. The number of aryl methyl sites for hydroxylation is 1. The van der Waals surface area contributed by atoms with Gasteiger partial charge in [0.25, 0.3) is 0 Å². The molecule has 1 aliphatic rings. The van der Waals surface area contributed by atoms with Crippen molar-refractivity contribution in [2.45, 2.75) is 58.2 Å². The van der Waals surface area contributed by atoms with Crippen LogP contribution in [0.3, 0.4) is 0 Å². The summed E-state index contributed by atoms with van der Waals surface area (Å²) in [4.78, 5) is 30.0. The van der Waals surface area contributed by atoms with E-state index in [4.69, 9.17) is 4.74 Å². The molecule has 0 aliphatic carbocycles. The normalized spacial score (nSPS) is 20.9. The van der Waals surface area contributed by atoms with Crippen LogP contribution in [0.1, 0.15) is 45.6 Å². The Bertz CT molecular complexity index is 641. The highest BCUT2D eigenvalue weighted by Gasteiger charge is 2.38. The minimum atomic E-state index is -1.25. The number of amides is 2. The molecular formula is C18H27N3O4. The first kappa shape index (κ1) is 19.2. The highest BCUT2D eigenvalue weighted by atomic mass is 16.6. The van der Waals surface area contributed by atoms with Crippen molar-refractivity contribution in [3.8, 4) is 0 Å². The van der Waals surface area contributed by atoms with Gasteiger partial charge in [-0.05, 0) is 52.2 Å². The quantitative estimate of drug-likeness (QED) is 0.875. The van der Waals surface area contributed by atoms with Crippen LogP contribution in [0.15, 0.2) is 18.5 Å². The Balaban J connectivity index is 1.95. The molecular weight excluding hydrogens is 322 g/mol. The summed E-state index contributed by atoms with van der Waals surface area (Å²) >= 11 is 0. The first-order chi connectivity index (χ1) is 11.6. The largest absolute Gasteiger partial charge is 0.444 e. The topological polar surface area (TPSA) is 91.8 Å². The van der Waals surface area contributed by atoms with Crippen LogP contribution < -0.4 is 5.32 Å². The van der Waals surface area contributed by atoms with Gasteiger partial charge in [0, 0.05) is 12.7 Å². The molecule has 2 heterocycles. The summed E-state index contributed by atoms with van der Waals surface area (Å²) in [6.07, 6.45) is 3.79. The van der Waals surface area contributed by atoms with Crippen LogP contribution in [-0.2, 0) is 9.53 Å². The average Bonchev–Trinajstić information content (AvgIpc) is 2.44. The van der Waals surface area contributed by atoms with Crippen molar-refractivity contribution >= 4 is 17.7 Å². The van der Waals surface area contributed by atoms with Gasteiger partial charge in [0.1, 0.15) is 5.60 Å².